The highest BCUT2D eigenvalue weighted by Gasteiger charge is 2.49. The molecule has 140 valence electrons. The van der Waals surface area contributed by atoms with Crippen molar-refractivity contribution in [3.05, 3.63) is 34.9 Å². The highest BCUT2D eigenvalue weighted by atomic mass is 35.5. The largest absolute Gasteiger partial charge is 0.341 e. The average molecular weight is 378 g/mol. The van der Waals surface area contributed by atoms with Gasteiger partial charge in [-0.15, -0.1) is 0 Å². The molecule has 7 heteroatoms. The molecule has 1 aromatic carbocycles. The van der Waals surface area contributed by atoms with E-state index in [1.165, 1.54) is 0 Å². The Hall–Kier alpha value is -2.08. The van der Waals surface area contributed by atoms with Gasteiger partial charge in [0, 0.05) is 18.1 Å². The standard InChI is InChI=1S/C19H24ClN3O3/c1-3-10-22(11-13-4-5-13)16(24)12-23-17(25)19(2,21-18(23)26)14-6-8-15(20)9-7-14/h6-9,13H,3-5,10-12H2,1-2H3,(H,21,26)/t19-/m1/s1. The van der Waals surface area contributed by atoms with E-state index in [-0.39, 0.29) is 12.5 Å². The van der Waals surface area contributed by atoms with Crippen LogP contribution in [0.25, 0.3) is 0 Å². The lowest BCUT2D eigenvalue weighted by Crippen LogP contribution is -2.45. The molecule has 0 radical (unpaired) electrons. The molecule has 3 rings (SSSR count). The number of hydrogen-bond donors (Lipinski definition) is 1. The van der Waals surface area contributed by atoms with Crippen molar-refractivity contribution in [3.8, 4) is 0 Å². The first-order valence-electron chi connectivity index (χ1n) is 9.03. The zero-order valence-electron chi connectivity index (χ0n) is 15.1. The molecule has 6 nitrogen and oxygen atoms in total. The van der Waals surface area contributed by atoms with Gasteiger partial charge in [-0.05, 0) is 49.8 Å². The number of halogens is 1. The van der Waals surface area contributed by atoms with Crippen LogP contribution in [0.4, 0.5) is 4.79 Å². The minimum Gasteiger partial charge on any atom is -0.341 e. The van der Waals surface area contributed by atoms with Gasteiger partial charge in [-0.1, -0.05) is 30.7 Å². The van der Waals surface area contributed by atoms with E-state index in [1.54, 1.807) is 36.1 Å². The molecular formula is C19H24ClN3O3. The lowest BCUT2D eigenvalue weighted by Gasteiger charge is -2.25. The third-order valence-corrected chi connectivity index (χ3v) is 5.26. The molecular weight excluding hydrogens is 354 g/mol. The van der Waals surface area contributed by atoms with Crippen molar-refractivity contribution in [3.63, 3.8) is 0 Å². The van der Waals surface area contributed by atoms with Crippen molar-refractivity contribution >= 4 is 29.4 Å². The zero-order chi connectivity index (χ0) is 18.9. The maximum atomic E-state index is 12.9. The van der Waals surface area contributed by atoms with Crippen LogP contribution < -0.4 is 5.32 Å². The molecule has 1 atom stereocenters. The van der Waals surface area contributed by atoms with Gasteiger partial charge in [0.1, 0.15) is 12.1 Å². The monoisotopic (exact) mass is 377 g/mol. The highest BCUT2D eigenvalue weighted by molar-refractivity contribution is 6.30. The summed E-state index contributed by atoms with van der Waals surface area (Å²) >= 11 is 5.90. The SMILES string of the molecule is CCCN(CC1CC1)C(=O)CN1C(=O)N[C@](C)(c2ccc(Cl)cc2)C1=O. The Morgan fingerprint density at radius 2 is 1.96 bits per heavy atom. The predicted molar refractivity (Wildman–Crippen MR) is 98.6 cm³/mol. The lowest BCUT2D eigenvalue weighted by molar-refractivity contribution is -0.139. The zero-order valence-corrected chi connectivity index (χ0v) is 15.9. The summed E-state index contributed by atoms with van der Waals surface area (Å²) in [5, 5.41) is 3.27. The van der Waals surface area contributed by atoms with Gasteiger partial charge in [-0.2, -0.15) is 0 Å². The van der Waals surface area contributed by atoms with E-state index in [0.29, 0.717) is 29.6 Å². The fourth-order valence-corrected chi connectivity index (χ4v) is 3.38. The van der Waals surface area contributed by atoms with E-state index in [0.717, 1.165) is 24.2 Å². The molecule has 1 aliphatic heterocycles. The van der Waals surface area contributed by atoms with Crippen LogP contribution >= 0.6 is 11.6 Å². The molecule has 4 amide bonds. The van der Waals surface area contributed by atoms with Crippen molar-refractivity contribution in [1.82, 2.24) is 15.1 Å². The molecule has 0 aromatic heterocycles. The second-order valence-electron chi connectivity index (χ2n) is 7.24. The molecule has 0 unspecified atom stereocenters. The van der Waals surface area contributed by atoms with Crippen molar-refractivity contribution in [2.75, 3.05) is 19.6 Å². The maximum absolute atomic E-state index is 12.9. The average Bonchev–Trinajstić information content (AvgIpc) is 3.39. The Morgan fingerprint density at radius 1 is 1.31 bits per heavy atom. The van der Waals surface area contributed by atoms with Crippen LogP contribution in [0.15, 0.2) is 24.3 Å². The van der Waals surface area contributed by atoms with Crippen molar-refractivity contribution in [2.45, 2.75) is 38.6 Å². The molecule has 1 N–H and O–H groups in total. The van der Waals surface area contributed by atoms with Crippen molar-refractivity contribution in [1.29, 1.82) is 0 Å². The van der Waals surface area contributed by atoms with Crippen LogP contribution in [0.3, 0.4) is 0 Å². The smallest absolute Gasteiger partial charge is 0.325 e. The van der Waals surface area contributed by atoms with E-state index in [9.17, 15) is 14.4 Å². The quantitative estimate of drug-likeness (QED) is 0.743. The molecule has 0 spiro atoms. The second kappa shape index (κ2) is 7.27. The first-order valence-corrected chi connectivity index (χ1v) is 9.41. The molecule has 1 saturated heterocycles. The number of nitrogens with one attached hydrogen (secondary N) is 1. The first-order chi connectivity index (χ1) is 12.3. The Labute approximate surface area is 158 Å². The number of hydrogen-bond acceptors (Lipinski definition) is 3. The van der Waals surface area contributed by atoms with Gasteiger partial charge in [-0.3, -0.25) is 14.5 Å². The van der Waals surface area contributed by atoms with E-state index in [1.807, 2.05) is 6.92 Å². The van der Waals surface area contributed by atoms with Crippen molar-refractivity contribution in [2.24, 2.45) is 5.92 Å². The minimum atomic E-state index is -1.19. The summed E-state index contributed by atoms with van der Waals surface area (Å²) in [5.74, 6) is -0.0309. The van der Waals surface area contributed by atoms with Crippen LogP contribution in [0, 0.1) is 5.92 Å². The number of rotatable bonds is 7. The van der Waals surface area contributed by atoms with Gasteiger partial charge in [-0.25, -0.2) is 4.79 Å². The van der Waals surface area contributed by atoms with Crippen molar-refractivity contribution < 1.29 is 14.4 Å². The molecule has 1 heterocycles. The second-order valence-corrected chi connectivity index (χ2v) is 7.67. The molecule has 0 bridgehead atoms. The number of nitrogens with zero attached hydrogens (tertiary/aromatic N) is 2. The summed E-state index contributed by atoms with van der Waals surface area (Å²) < 4.78 is 0. The van der Waals surface area contributed by atoms with E-state index < -0.39 is 17.5 Å². The third kappa shape index (κ3) is 3.70. The lowest BCUT2D eigenvalue weighted by atomic mass is 9.92. The summed E-state index contributed by atoms with van der Waals surface area (Å²) in [6.07, 6.45) is 3.14. The number of carbonyl (C=O) groups is 3. The molecule has 1 aliphatic carbocycles. The fourth-order valence-electron chi connectivity index (χ4n) is 3.25. The fraction of sp³-hybridized carbons (Fsp3) is 0.526. The molecule has 2 aliphatic rings. The molecule has 26 heavy (non-hydrogen) atoms. The minimum absolute atomic E-state index is 0.178. The van der Waals surface area contributed by atoms with Crippen LogP contribution in [0.1, 0.15) is 38.7 Å². The van der Waals surface area contributed by atoms with E-state index >= 15 is 0 Å². The van der Waals surface area contributed by atoms with Crippen LogP contribution in [0.2, 0.25) is 5.02 Å². The van der Waals surface area contributed by atoms with Gasteiger partial charge < -0.3 is 10.2 Å². The topological polar surface area (TPSA) is 69.7 Å². The van der Waals surface area contributed by atoms with Gasteiger partial charge in [0.25, 0.3) is 5.91 Å². The molecule has 1 aromatic rings. The summed E-state index contributed by atoms with van der Waals surface area (Å²) in [7, 11) is 0. The third-order valence-electron chi connectivity index (χ3n) is 5.01. The number of carbonyl (C=O) groups excluding carboxylic acids is 3. The number of benzene rings is 1. The molecule has 1 saturated carbocycles. The van der Waals surface area contributed by atoms with Gasteiger partial charge in [0.2, 0.25) is 5.91 Å². The number of urea groups is 1. The summed E-state index contributed by atoms with van der Waals surface area (Å²) in [6.45, 7) is 4.80. The highest BCUT2D eigenvalue weighted by Crippen LogP contribution is 2.31. The maximum Gasteiger partial charge on any atom is 0.325 e. The Kier molecular flexibility index (Phi) is 5.23. The predicted octanol–water partition coefficient (Wildman–Crippen LogP) is 2.76. The van der Waals surface area contributed by atoms with Gasteiger partial charge >= 0.3 is 6.03 Å². The van der Waals surface area contributed by atoms with Crippen LogP contribution in [0.5, 0.6) is 0 Å². The summed E-state index contributed by atoms with van der Waals surface area (Å²) in [4.78, 5) is 40.8. The summed E-state index contributed by atoms with van der Waals surface area (Å²) in [6, 6.07) is 6.23. The van der Waals surface area contributed by atoms with Gasteiger partial charge in [0.05, 0.1) is 0 Å². The summed E-state index contributed by atoms with van der Waals surface area (Å²) in [5.41, 5.74) is -0.549. The van der Waals surface area contributed by atoms with E-state index in [4.69, 9.17) is 11.6 Å². The number of imide groups is 1. The Balaban J connectivity index is 1.73. The Morgan fingerprint density at radius 3 is 2.54 bits per heavy atom. The first kappa shape index (κ1) is 18.7. The number of amides is 4. The van der Waals surface area contributed by atoms with Crippen LogP contribution in [-0.2, 0) is 15.1 Å². The van der Waals surface area contributed by atoms with E-state index in [2.05, 4.69) is 5.32 Å². The molecule has 2 fully saturated rings. The normalized spacial score (nSPS) is 22.5. The van der Waals surface area contributed by atoms with Crippen LogP contribution in [-0.4, -0.2) is 47.3 Å². The Bertz CT molecular complexity index is 717. The van der Waals surface area contributed by atoms with Gasteiger partial charge in [0.15, 0.2) is 0 Å².